The molecule has 1 fully saturated rings. The summed E-state index contributed by atoms with van der Waals surface area (Å²) in [5.74, 6) is -0.0163. The Morgan fingerprint density at radius 1 is 1.42 bits per heavy atom. The van der Waals surface area contributed by atoms with Gasteiger partial charge in [-0.25, -0.2) is 4.39 Å². The Balaban J connectivity index is 1.93. The van der Waals surface area contributed by atoms with Crippen LogP contribution < -0.4 is 4.74 Å². The van der Waals surface area contributed by atoms with Crippen molar-refractivity contribution in [2.24, 2.45) is 0 Å². The summed E-state index contributed by atoms with van der Waals surface area (Å²) in [5, 5.41) is 0.398. The topological polar surface area (TPSA) is 27.7 Å². The summed E-state index contributed by atoms with van der Waals surface area (Å²) in [4.78, 5) is 0.238. The van der Waals surface area contributed by atoms with Crippen LogP contribution in [0.5, 0.6) is 5.75 Å². The molecule has 0 saturated heterocycles. The molecule has 0 amide bonds. The number of hydrogen-bond acceptors (Lipinski definition) is 3. The molecule has 0 spiro atoms. The molecule has 0 N–H and O–H groups in total. The van der Waals surface area contributed by atoms with Crippen LogP contribution in [-0.2, 0) is 9.47 Å². The molecule has 0 aromatic heterocycles. The molecule has 0 bridgehead atoms. The van der Waals surface area contributed by atoms with Gasteiger partial charge < -0.3 is 14.2 Å². The van der Waals surface area contributed by atoms with E-state index in [9.17, 15) is 4.39 Å². The van der Waals surface area contributed by atoms with Gasteiger partial charge in [0.2, 0.25) is 0 Å². The second-order valence-corrected chi connectivity index (χ2v) is 5.89. The lowest BCUT2D eigenvalue weighted by molar-refractivity contribution is -0.0865. The molecule has 1 aromatic carbocycles. The summed E-state index contributed by atoms with van der Waals surface area (Å²) in [7, 11) is 1.62. The number of ether oxygens (including phenoxy) is 3. The zero-order valence-corrected chi connectivity index (χ0v) is 12.8. The Bertz CT molecular complexity index is 432. The first-order chi connectivity index (χ1) is 9.11. The highest BCUT2D eigenvalue weighted by Crippen LogP contribution is 2.36. The lowest BCUT2D eigenvalue weighted by Crippen LogP contribution is -2.52. The van der Waals surface area contributed by atoms with Crippen molar-refractivity contribution in [3.8, 4) is 5.75 Å². The summed E-state index contributed by atoms with van der Waals surface area (Å²) in [5.41, 5.74) is 0. The average molecular weight is 354 g/mol. The van der Waals surface area contributed by atoms with Gasteiger partial charge in [0.25, 0.3) is 0 Å². The van der Waals surface area contributed by atoms with Crippen molar-refractivity contribution in [2.45, 2.75) is 23.5 Å². The van der Waals surface area contributed by atoms with Crippen LogP contribution in [0.4, 0.5) is 4.39 Å². The second-order valence-electron chi connectivity index (χ2n) is 4.31. The molecule has 6 heteroatoms. The molecule has 3 nitrogen and oxygen atoms in total. The fourth-order valence-corrected chi connectivity index (χ4v) is 2.88. The van der Waals surface area contributed by atoms with E-state index >= 15 is 0 Å². The molecule has 106 valence electrons. The third kappa shape index (κ3) is 3.81. The summed E-state index contributed by atoms with van der Waals surface area (Å²) < 4.78 is 29.4. The minimum Gasteiger partial charge on any atom is -0.486 e. The highest BCUT2D eigenvalue weighted by atomic mass is 79.9. The monoisotopic (exact) mass is 352 g/mol. The summed E-state index contributed by atoms with van der Waals surface area (Å²) in [6.07, 6.45) is 0.597. The molecule has 19 heavy (non-hydrogen) atoms. The number of alkyl halides is 1. The molecule has 3 unspecified atom stereocenters. The summed E-state index contributed by atoms with van der Waals surface area (Å²) >= 11 is 9.48. The van der Waals surface area contributed by atoms with Crippen molar-refractivity contribution < 1.29 is 18.6 Å². The van der Waals surface area contributed by atoms with Gasteiger partial charge in [-0.1, -0.05) is 27.5 Å². The molecule has 1 aromatic rings. The van der Waals surface area contributed by atoms with Gasteiger partial charge in [-0.2, -0.15) is 0 Å². The van der Waals surface area contributed by atoms with E-state index in [2.05, 4.69) is 15.9 Å². The maximum atomic E-state index is 13.1. The normalized spacial score (nSPS) is 26.0. The van der Waals surface area contributed by atoms with Gasteiger partial charge in [-0.15, -0.1) is 0 Å². The van der Waals surface area contributed by atoms with Gasteiger partial charge in [0.05, 0.1) is 18.2 Å². The highest BCUT2D eigenvalue weighted by molar-refractivity contribution is 9.09. The van der Waals surface area contributed by atoms with E-state index in [4.69, 9.17) is 25.8 Å². The fourth-order valence-electron chi connectivity index (χ4n) is 1.85. The SMILES string of the molecule is COCCOC1C(Br)CC1Oc1cc(F)ccc1Cl. The molecule has 1 aliphatic rings. The molecule has 0 radical (unpaired) electrons. The van der Waals surface area contributed by atoms with Gasteiger partial charge in [-0.05, 0) is 12.1 Å². The van der Waals surface area contributed by atoms with E-state index in [1.807, 2.05) is 0 Å². The van der Waals surface area contributed by atoms with E-state index in [0.29, 0.717) is 24.0 Å². The zero-order valence-electron chi connectivity index (χ0n) is 10.4. The van der Waals surface area contributed by atoms with Gasteiger partial charge in [-0.3, -0.25) is 0 Å². The first-order valence-electron chi connectivity index (χ1n) is 5.98. The molecule has 1 saturated carbocycles. The maximum absolute atomic E-state index is 13.1. The van der Waals surface area contributed by atoms with Crippen LogP contribution in [-0.4, -0.2) is 37.4 Å². The number of halogens is 3. The summed E-state index contributed by atoms with van der Waals surface area (Å²) in [6, 6.07) is 4.07. The zero-order chi connectivity index (χ0) is 13.8. The largest absolute Gasteiger partial charge is 0.486 e. The highest BCUT2D eigenvalue weighted by Gasteiger charge is 2.42. The van der Waals surface area contributed by atoms with Gasteiger partial charge >= 0.3 is 0 Å². The smallest absolute Gasteiger partial charge is 0.141 e. The molecule has 2 rings (SSSR count). The predicted molar refractivity (Wildman–Crippen MR) is 74.8 cm³/mol. The minimum atomic E-state index is -0.369. The van der Waals surface area contributed by atoms with E-state index in [1.165, 1.54) is 18.2 Å². The number of methoxy groups -OCH3 is 1. The lowest BCUT2D eigenvalue weighted by atomic mass is 9.91. The van der Waals surface area contributed by atoms with Crippen LogP contribution in [0.3, 0.4) is 0 Å². The Hall–Kier alpha value is -0.360. The van der Waals surface area contributed by atoms with E-state index in [1.54, 1.807) is 7.11 Å². The van der Waals surface area contributed by atoms with Crippen molar-refractivity contribution in [1.82, 2.24) is 0 Å². The van der Waals surface area contributed by atoms with Crippen LogP contribution in [0.2, 0.25) is 5.02 Å². The number of benzene rings is 1. The standard InChI is InChI=1S/C13H15BrClFO3/c1-17-4-5-18-13-9(14)7-12(13)19-11-6-8(16)2-3-10(11)15/h2-3,6,9,12-13H,4-5,7H2,1H3. The van der Waals surface area contributed by atoms with Gasteiger partial charge in [0, 0.05) is 24.4 Å². The maximum Gasteiger partial charge on any atom is 0.141 e. The quantitative estimate of drug-likeness (QED) is 0.579. The molecule has 0 aliphatic heterocycles. The summed E-state index contributed by atoms with van der Waals surface area (Å²) in [6.45, 7) is 1.03. The van der Waals surface area contributed by atoms with Crippen LogP contribution >= 0.6 is 27.5 Å². The minimum absolute atomic E-state index is 0.0746. The first kappa shape index (κ1) is 15.0. The van der Waals surface area contributed by atoms with Crippen molar-refractivity contribution >= 4 is 27.5 Å². The molecule has 3 atom stereocenters. The van der Waals surface area contributed by atoms with Crippen LogP contribution in [0.15, 0.2) is 18.2 Å². The van der Waals surface area contributed by atoms with E-state index < -0.39 is 0 Å². The molecule has 0 heterocycles. The van der Waals surface area contributed by atoms with Crippen molar-refractivity contribution in [2.75, 3.05) is 20.3 Å². The molecular formula is C13H15BrClFO3. The van der Waals surface area contributed by atoms with Crippen LogP contribution in [0.25, 0.3) is 0 Å². The van der Waals surface area contributed by atoms with Crippen LogP contribution in [0, 0.1) is 5.82 Å². The molecular weight excluding hydrogens is 338 g/mol. The van der Waals surface area contributed by atoms with E-state index in [0.717, 1.165) is 6.42 Å². The average Bonchev–Trinajstić information content (AvgIpc) is 2.38. The Morgan fingerprint density at radius 3 is 2.89 bits per heavy atom. The third-order valence-electron chi connectivity index (χ3n) is 2.95. The first-order valence-corrected chi connectivity index (χ1v) is 7.27. The molecule has 1 aliphatic carbocycles. The van der Waals surface area contributed by atoms with Crippen molar-refractivity contribution in [3.63, 3.8) is 0 Å². The number of rotatable bonds is 6. The second kappa shape index (κ2) is 6.88. The van der Waals surface area contributed by atoms with Crippen molar-refractivity contribution in [1.29, 1.82) is 0 Å². The van der Waals surface area contributed by atoms with Gasteiger partial charge in [0.1, 0.15) is 23.8 Å². The van der Waals surface area contributed by atoms with Crippen molar-refractivity contribution in [3.05, 3.63) is 29.0 Å². The third-order valence-corrected chi connectivity index (χ3v) is 4.16. The fraction of sp³-hybridized carbons (Fsp3) is 0.538. The number of hydrogen-bond donors (Lipinski definition) is 0. The van der Waals surface area contributed by atoms with Gasteiger partial charge in [0.15, 0.2) is 0 Å². The lowest BCUT2D eigenvalue weighted by Gasteiger charge is -2.41. The predicted octanol–water partition coefficient (Wildman–Crippen LogP) is 3.43. The Labute approximate surface area is 125 Å². The Kier molecular flexibility index (Phi) is 5.45. The van der Waals surface area contributed by atoms with E-state index in [-0.39, 0.29) is 22.9 Å². The van der Waals surface area contributed by atoms with Crippen LogP contribution in [0.1, 0.15) is 6.42 Å². The Morgan fingerprint density at radius 2 is 2.21 bits per heavy atom.